The minimum atomic E-state index is -4.45. The lowest BCUT2D eigenvalue weighted by atomic mass is 10.1. The highest BCUT2D eigenvalue weighted by Gasteiger charge is 2.38. The Labute approximate surface area is 108 Å². The van der Waals surface area contributed by atoms with Gasteiger partial charge in [-0.15, -0.1) is 0 Å². The number of para-hydroxylation sites is 1. The minimum absolute atomic E-state index is 0.0159. The number of amides is 1. The van der Waals surface area contributed by atoms with Crippen molar-refractivity contribution in [2.45, 2.75) is 12.6 Å². The van der Waals surface area contributed by atoms with E-state index in [0.29, 0.717) is 12.3 Å². The third-order valence-corrected chi connectivity index (χ3v) is 3.48. The van der Waals surface area contributed by atoms with Gasteiger partial charge in [0.05, 0.1) is 11.3 Å². The molecule has 0 saturated carbocycles. The molecular weight excluding hydrogens is 263 g/mol. The summed E-state index contributed by atoms with van der Waals surface area (Å²) in [5.74, 6) is 0.240. The smallest absolute Gasteiger partial charge is 0.311 e. The molecule has 1 atom stereocenters. The first-order chi connectivity index (χ1) is 8.43. The van der Waals surface area contributed by atoms with E-state index in [4.69, 9.17) is 0 Å². The van der Waals surface area contributed by atoms with Gasteiger partial charge in [0.1, 0.15) is 0 Å². The molecule has 1 fully saturated rings. The quantitative estimate of drug-likeness (QED) is 0.823. The normalized spacial score (nSPS) is 20.6. The van der Waals surface area contributed by atoms with Gasteiger partial charge < -0.3 is 4.90 Å². The van der Waals surface area contributed by atoms with E-state index in [1.165, 1.54) is 23.1 Å². The molecule has 1 heterocycles. The second kappa shape index (κ2) is 4.84. The molecule has 1 aromatic rings. The van der Waals surface area contributed by atoms with Crippen molar-refractivity contribution in [1.29, 1.82) is 0 Å². The van der Waals surface area contributed by atoms with Crippen molar-refractivity contribution in [2.75, 3.05) is 17.2 Å². The highest BCUT2D eigenvalue weighted by atomic mass is 32.1. The molecular formula is C12H12F3NOS. The van der Waals surface area contributed by atoms with Gasteiger partial charge in [0.15, 0.2) is 0 Å². The van der Waals surface area contributed by atoms with Gasteiger partial charge in [-0.3, -0.25) is 4.79 Å². The van der Waals surface area contributed by atoms with Crippen molar-refractivity contribution >= 4 is 24.2 Å². The van der Waals surface area contributed by atoms with E-state index in [-0.39, 0.29) is 23.9 Å². The number of benzene rings is 1. The van der Waals surface area contributed by atoms with Crippen molar-refractivity contribution in [2.24, 2.45) is 5.92 Å². The van der Waals surface area contributed by atoms with Crippen LogP contribution in [0.15, 0.2) is 24.3 Å². The molecule has 1 amide bonds. The zero-order valence-corrected chi connectivity index (χ0v) is 10.3. The van der Waals surface area contributed by atoms with Gasteiger partial charge in [-0.05, 0) is 23.8 Å². The molecule has 0 N–H and O–H groups in total. The zero-order chi connectivity index (χ0) is 13.3. The summed E-state index contributed by atoms with van der Waals surface area (Å²) >= 11 is 4.09. The second-order valence-corrected chi connectivity index (χ2v) is 4.64. The van der Waals surface area contributed by atoms with Crippen molar-refractivity contribution < 1.29 is 18.0 Å². The van der Waals surface area contributed by atoms with Crippen LogP contribution < -0.4 is 4.90 Å². The number of nitrogens with zero attached hydrogens (tertiary/aromatic N) is 1. The Hall–Kier alpha value is -1.17. The standard InChI is InChI=1S/C12H12F3NOS/c13-12(14,15)9-3-1-2-4-10(9)16-6-8(7-18)5-11(16)17/h1-4,8,18H,5-7H2. The van der Waals surface area contributed by atoms with E-state index in [1.54, 1.807) is 0 Å². The van der Waals surface area contributed by atoms with Crippen LogP contribution in [0.25, 0.3) is 0 Å². The van der Waals surface area contributed by atoms with Gasteiger partial charge in [0.25, 0.3) is 0 Å². The fourth-order valence-corrected chi connectivity index (χ4v) is 2.33. The van der Waals surface area contributed by atoms with Gasteiger partial charge in [-0.2, -0.15) is 25.8 Å². The molecule has 1 aromatic carbocycles. The fraction of sp³-hybridized carbons (Fsp3) is 0.417. The predicted molar refractivity (Wildman–Crippen MR) is 65.8 cm³/mol. The Morgan fingerprint density at radius 2 is 2.00 bits per heavy atom. The van der Waals surface area contributed by atoms with E-state index in [1.807, 2.05) is 0 Å². The molecule has 18 heavy (non-hydrogen) atoms. The second-order valence-electron chi connectivity index (χ2n) is 4.27. The van der Waals surface area contributed by atoms with E-state index in [0.717, 1.165) is 6.07 Å². The van der Waals surface area contributed by atoms with Crippen LogP contribution in [0, 0.1) is 5.92 Å². The molecule has 2 rings (SSSR count). The van der Waals surface area contributed by atoms with Gasteiger partial charge in [-0.25, -0.2) is 0 Å². The van der Waals surface area contributed by atoms with Crippen molar-refractivity contribution in [1.82, 2.24) is 0 Å². The Balaban J connectivity index is 2.37. The largest absolute Gasteiger partial charge is 0.418 e. The van der Waals surface area contributed by atoms with Gasteiger partial charge in [0, 0.05) is 13.0 Å². The summed E-state index contributed by atoms with van der Waals surface area (Å²) in [5.41, 5.74) is -0.822. The molecule has 1 aliphatic heterocycles. The number of thiol groups is 1. The lowest BCUT2D eigenvalue weighted by Gasteiger charge is -2.21. The molecule has 0 aliphatic carbocycles. The number of alkyl halides is 3. The van der Waals surface area contributed by atoms with Crippen LogP contribution in [0.5, 0.6) is 0 Å². The third kappa shape index (κ3) is 2.48. The lowest BCUT2D eigenvalue weighted by molar-refractivity contribution is -0.137. The van der Waals surface area contributed by atoms with E-state index >= 15 is 0 Å². The first-order valence-electron chi connectivity index (χ1n) is 5.51. The van der Waals surface area contributed by atoms with Gasteiger partial charge in [0.2, 0.25) is 5.91 Å². The number of rotatable bonds is 2. The number of hydrogen-bond donors (Lipinski definition) is 1. The summed E-state index contributed by atoms with van der Waals surface area (Å²) in [6.07, 6.45) is -4.19. The van der Waals surface area contributed by atoms with Crippen LogP contribution in [0.4, 0.5) is 18.9 Å². The molecule has 1 saturated heterocycles. The third-order valence-electron chi connectivity index (χ3n) is 2.96. The Kier molecular flexibility index (Phi) is 3.56. The highest BCUT2D eigenvalue weighted by molar-refractivity contribution is 7.80. The van der Waals surface area contributed by atoms with Gasteiger partial charge in [-0.1, -0.05) is 12.1 Å². The average molecular weight is 275 g/mol. The van der Waals surface area contributed by atoms with Crippen LogP contribution in [0.1, 0.15) is 12.0 Å². The molecule has 1 unspecified atom stereocenters. The molecule has 0 bridgehead atoms. The SMILES string of the molecule is O=C1CC(CS)CN1c1ccccc1C(F)(F)F. The maximum atomic E-state index is 12.9. The summed E-state index contributed by atoms with van der Waals surface area (Å²) in [6.45, 7) is 0.301. The van der Waals surface area contributed by atoms with E-state index < -0.39 is 11.7 Å². The summed E-state index contributed by atoms with van der Waals surface area (Å²) < 4.78 is 38.6. The van der Waals surface area contributed by atoms with Crippen molar-refractivity contribution in [3.63, 3.8) is 0 Å². The predicted octanol–water partition coefficient (Wildman–Crippen LogP) is 2.99. The van der Waals surface area contributed by atoms with Gasteiger partial charge >= 0.3 is 6.18 Å². The highest BCUT2D eigenvalue weighted by Crippen LogP contribution is 2.38. The number of anilines is 1. The monoisotopic (exact) mass is 275 g/mol. The van der Waals surface area contributed by atoms with Crippen LogP contribution in [0.2, 0.25) is 0 Å². The number of carbonyl (C=O) groups is 1. The first-order valence-corrected chi connectivity index (χ1v) is 6.14. The van der Waals surface area contributed by atoms with E-state index in [9.17, 15) is 18.0 Å². The fourth-order valence-electron chi connectivity index (χ4n) is 2.09. The summed E-state index contributed by atoms with van der Waals surface area (Å²) in [5, 5.41) is 0. The van der Waals surface area contributed by atoms with Crippen LogP contribution in [-0.2, 0) is 11.0 Å². The summed E-state index contributed by atoms with van der Waals surface area (Å²) in [4.78, 5) is 13.0. The number of halogens is 3. The molecule has 0 radical (unpaired) electrons. The Morgan fingerprint density at radius 1 is 1.33 bits per heavy atom. The molecule has 0 spiro atoms. The number of hydrogen-bond acceptors (Lipinski definition) is 2. The van der Waals surface area contributed by atoms with Crippen LogP contribution in [-0.4, -0.2) is 18.2 Å². The molecule has 0 aromatic heterocycles. The molecule has 98 valence electrons. The molecule has 1 aliphatic rings. The first kappa shape index (κ1) is 13.3. The summed E-state index contributed by atoms with van der Waals surface area (Å²) in [6, 6.07) is 5.16. The minimum Gasteiger partial charge on any atom is -0.311 e. The molecule has 2 nitrogen and oxygen atoms in total. The Bertz CT molecular complexity index is 461. The van der Waals surface area contributed by atoms with E-state index in [2.05, 4.69) is 12.6 Å². The summed E-state index contributed by atoms with van der Waals surface area (Å²) in [7, 11) is 0. The Morgan fingerprint density at radius 3 is 2.56 bits per heavy atom. The lowest BCUT2D eigenvalue weighted by Crippen LogP contribution is -2.27. The number of carbonyl (C=O) groups excluding carboxylic acids is 1. The average Bonchev–Trinajstić information content (AvgIpc) is 2.69. The van der Waals surface area contributed by atoms with Crippen molar-refractivity contribution in [3.05, 3.63) is 29.8 Å². The topological polar surface area (TPSA) is 20.3 Å². The van der Waals surface area contributed by atoms with Crippen molar-refractivity contribution in [3.8, 4) is 0 Å². The maximum Gasteiger partial charge on any atom is 0.418 e. The van der Waals surface area contributed by atoms with Crippen LogP contribution >= 0.6 is 12.6 Å². The maximum absolute atomic E-state index is 12.9. The molecule has 6 heteroatoms. The van der Waals surface area contributed by atoms with Crippen LogP contribution in [0.3, 0.4) is 0 Å². The zero-order valence-electron chi connectivity index (χ0n) is 9.44.